The summed E-state index contributed by atoms with van der Waals surface area (Å²) >= 11 is 0. The Balaban J connectivity index is 1.10. The van der Waals surface area contributed by atoms with Gasteiger partial charge in [-0.05, 0) is 74.5 Å². The van der Waals surface area contributed by atoms with E-state index in [1.165, 1.54) is 69.8 Å². The highest BCUT2D eigenvalue weighted by Gasteiger charge is 2.47. The van der Waals surface area contributed by atoms with Crippen molar-refractivity contribution in [3.63, 3.8) is 0 Å². The molecule has 1 unspecified atom stereocenters. The Morgan fingerprint density at radius 1 is 0.690 bits per heavy atom. The van der Waals surface area contributed by atoms with Crippen molar-refractivity contribution >= 4 is 11.9 Å². The Kier molecular flexibility index (Phi) is 11.1. The van der Waals surface area contributed by atoms with Gasteiger partial charge in [0.05, 0.1) is 25.9 Å². The fourth-order valence-electron chi connectivity index (χ4n) is 6.36. The third-order valence-corrected chi connectivity index (χ3v) is 8.89. The first-order valence-corrected chi connectivity index (χ1v) is 16.0. The molecule has 0 amide bonds. The number of benzene rings is 2. The van der Waals surface area contributed by atoms with Gasteiger partial charge in [0.2, 0.25) is 0 Å². The maximum absolute atomic E-state index is 12.4. The van der Waals surface area contributed by atoms with Crippen molar-refractivity contribution in [2.24, 2.45) is 5.92 Å². The number of carbonyl (C=O) groups excluding carboxylic acids is 2. The molecule has 2 aromatic carbocycles. The van der Waals surface area contributed by atoms with Gasteiger partial charge >= 0.3 is 11.9 Å². The molecule has 0 N–H and O–H groups in total. The molecule has 0 radical (unpaired) electrons. The van der Waals surface area contributed by atoms with Crippen LogP contribution in [-0.2, 0) is 33.3 Å². The first-order valence-electron chi connectivity index (χ1n) is 16.0. The standard InChI is InChI=1S/C35H46O7/c1-3-38-33(36)31-32(34(37)39-4-2)42-35(41-31)29-21-19-28(20-22-29)27-17-15-26(16-18-27)25-13-11-24(12-14-25)9-7-5-6-8-10-30-23-40-30/h15-22,24-25,30-32,35H,3-14,23H2,1-2H3/t24-,25-,30?,31-,32-/m1/s1. The number of unbranched alkanes of at least 4 members (excludes halogenated alkanes) is 3. The van der Waals surface area contributed by atoms with Crippen LogP contribution in [0.3, 0.4) is 0 Å². The third-order valence-electron chi connectivity index (χ3n) is 8.89. The van der Waals surface area contributed by atoms with Gasteiger partial charge in [-0.3, -0.25) is 0 Å². The van der Waals surface area contributed by atoms with Gasteiger partial charge in [0.25, 0.3) is 0 Å². The van der Waals surface area contributed by atoms with Crippen LogP contribution < -0.4 is 0 Å². The minimum Gasteiger partial charge on any atom is -0.464 e. The first-order chi connectivity index (χ1) is 20.6. The van der Waals surface area contributed by atoms with Gasteiger partial charge in [0.15, 0.2) is 18.5 Å². The van der Waals surface area contributed by atoms with Gasteiger partial charge in [-0.2, -0.15) is 0 Å². The van der Waals surface area contributed by atoms with Crippen molar-refractivity contribution in [3.05, 3.63) is 59.7 Å². The lowest BCUT2D eigenvalue weighted by Crippen LogP contribution is -2.39. The molecule has 3 atom stereocenters. The molecule has 2 heterocycles. The molecule has 0 bridgehead atoms. The summed E-state index contributed by atoms with van der Waals surface area (Å²) in [5.41, 5.74) is 4.40. The van der Waals surface area contributed by atoms with E-state index < -0.39 is 30.4 Å². The highest BCUT2D eigenvalue weighted by Crippen LogP contribution is 2.39. The second-order valence-corrected chi connectivity index (χ2v) is 11.9. The number of carbonyl (C=O) groups is 2. The molecule has 0 aromatic heterocycles. The summed E-state index contributed by atoms with van der Waals surface area (Å²) in [6.07, 6.45) is 10.8. The van der Waals surface area contributed by atoms with E-state index in [4.69, 9.17) is 23.7 Å². The van der Waals surface area contributed by atoms with E-state index in [1.54, 1.807) is 13.8 Å². The largest absolute Gasteiger partial charge is 0.464 e. The van der Waals surface area contributed by atoms with E-state index in [-0.39, 0.29) is 13.2 Å². The van der Waals surface area contributed by atoms with Crippen molar-refractivity contribution in [2.45, 2.75) is 109 Å². The smallest absolute Gasteiger partial charge is 0.338 e. The first kappa shape index (κ1) is 30.7. The zero-order valence-corrected chi connectivity index (χ0v) is 25.1. The lowest BCUT2D eigenvalue weighted by atomic mass is 9.77. The fourth-order valence-corrected chi connectivity index (χ4v) is 6.36. The molecular weight excluding hydrogens is 532 g/mol. The minimum atomic E-state index is -1.16. The Hall–Kier alpha value is -2.74. The topological polar surface area (TPSA) is 83.6 Å². The molecule has 3 fully saturated rings. The van der Waals surface area contributed by atoms with Crippen molar-refractivity contribution in [1.82, 2.24) is 0 Å². The average molecular weight is 579 g/mol. The van der Waals surface area contributed by atoms with Crippen LogP contribution in [-0.4, -0.2) is 50.1 Å². The van der Waals surface area contributed by atoms with Crippen LogP contribution in [0.15, 0.2) is 48.5 Å². The fraction of sp³-hybridized carbons (Fsp3) is 0.600. The van der Waals surface area contributed by atoms with Crippen LogP contribution in [0.5, 0.6) is 0 Å². The lowest BCUT2D eigenvalue weighted by molar-refractivity contribution is -0.163. The van der Waals surface area contributed by atoms with E-state index in [0.29, 0.717) is 12.0 Å². The second-order valence-electron chi connectivity index (χ2n) is 11.9. The van der Waals surface area contributed by atoms with Crippen LogP contribution in [0.4, 0.5) is 0 Å². The van der Waals surface area contributed by atoms with Gasteiger partial charge in [-0.25, -0.2) is 9.59 Å². The van der Waals surface area contributed by atoms with E-state index in [1.807, 2.05) is 24.3 Å². The van der Waals surface area contributed by atoms with Gasteiger partial charge in [-0.15, -0.1) is 0 Å². The monoisotopic (exact) mass is 578 g/mol. The maximum atomic E-state index is 12.4. The average Bonchev–Trinajstić information content (AvgIpc) is 3.74. The number of hydrogen-bond acceptors (Lipinski definition) is 7. The minimum absolute atomic E-state index is 0.185. The summed E-state index contributed by atoms with van der Waals surface area (Å²) in [6.45, 7) is 4.78. The zero-order valence-electron chi connectivity index (χ0n) is 25.1. The molecule has 7 heteroatoms. The highest BCUT2D eigenvalue weighted by atomic mass is 16.8. The Morgan fingerprint density at radius 3 is 1.69 bits per heavy atom. The lowest BCUT2D eigenvalue weighted by Gasteiger charge is -2.29. The summed E-state index contributed by atoms with van der Waals surface area (Å²) in [6, 6.07) is 16.8. The Labute approximate surface area is 250 Å². The molecule has 3 aliphatic rings. The van der Waals surface area contributed by atoms with Crippen LogP contribution in [0.2, 0.25) is 0 Å². The van der Waals surface area contributed by atoms with E-state index in [2.05, 4.69) is 24.3 Å². The van der Waals surface area contributed by atoms with E-state index >= 15 is 0 Å². The predicted molar refractivity (Wildman–Crippen MR) is 160 cm³/mol. The molecular formula is C35H46O7. The van der Waals surface area contributed by atoms with Gasteiger partial charge in [0, 0.05) is 5.56 Å². The van der Waals surface area contributed by atoms with Crippen LogP contribution in [0.1, 0.15) is 101 Å². The quantitative estimate of drug-likeness (QED) is 0.132. The van der Waals surface area contributed by atoms with Crippen molar-refractivity contribution < 1.29 is 33.3 Å². The van der Waals surface area contributed by atoms with E-state index in [0.717, 1.165) is 29.2 Å². The van der Waals surface area contributed by atoms with Gasteiger partial charge in [0.1, 0.15) is 0 Å². The van der Waals surface area contributed by atoms with Crippen molar-refractivity contribution in [1.29, 1.82) is 0 Å². The zero-order chi connectivity index (χ0) is 29.3. The second kappa shape index (κ2) is 15.1. The molecule has 42 heavy (non-hydrogen) atoms. The number of ether oxygens (including phenoxy) is 5. The molecule has 228 valence electrons. The van der Waals surface area contributed by atoms with Gasteiger partial charge in [-0.1, -0.05) is 80.6 Å². The predicted octanol–water partition coefficient (Wildman–Crippen LogP) is 7.28. The summed E-state index contributed by atoms with van der Waals surface area (Å²) < 4.78 is 27.1. The summed E-state index contributed by atoms with van der Waals surface area (Å²) in [7, 11) is 0. The summed E-state index contributed by atoms with van der Waals surface area (Å²) in [4.78, 5) is 24.8. The van der Waals surface area contributed by atoms with Crippen molar-refractivity contribution in [3.8, 4) is 11.1 Å². The Morgan fingerprint density at radius 2 is 1.19 bits per heavy atom. The molecule has 7 nitrogen and oxygen atoms in total. The van der Waals surface area contributed by atoms with Crippen LogP contribution >= 0.6 is 0 Å². The normalized spacial score (nSPS) is 25.7. The molecule has 2 aliphatic heterocycles. The maximum Gasteiger partial charge on any atom is 0.338 e. The molecule has 2 saturated heterocycles. The van der Waals surface area contributed by atoms with Gasteiger partial charge < -0.3 is 23.7 Å². The number of rotatable bonds is 14. The van der Waals surface area contributed by atoms with Crippen LogP contribution in [0, 0.1) is 5.92 Å². The summed E-state index contributed by atoms with van der Waals surface area (Å²) in [5, 5.41) is 0. The molecule has 1 saturated carbocycles. The summed E-state index contributed by atoms with van der Waals surface area (Å²) in [5.74, 6) is 0.300. The molecule has 0 spiro atoms. The number of epoxide rings is 1. The number of esters is 2. The SMILES string of the molecule is CCOC(=O)[C@@H]1OC(c2ccc(-c3ccc([C@H]4CC[C@H](CCCCCCC5CO5)CC4)cc3)cc2)O[C@H]1C(=O)OCC. The number of hydrogen-bond donors (Lipinski definition) is 0. The Bertz CT molecular complexity index is 1110. The van der Waals surface area contributed by atoms with Crippen LogP contribution in [0.25, 0.3) is 11.1 Å². The van der Waals surface area contributed by atoms with E-state index in [9.17, 15) is 9.59 Å². The highest BCUT2D eigenvalue weighted by molar-refractivity contribution is 5.86. The molecule has 1 aliphatic carbocycles. The third kappa shape index (κ3) is 8.21. The molecule has 5 rings (SSSR count). The molecule has 2 aromatic rings. The van der Waals surface area contributed by atoms with Crippen molar-refractivity contribution in [2.75, 3.05) is 19.8 Å².